The lowest BCUT2D eigenvalue weighted by atomic mass is 10.0. The Morgan fingerprint density at radius 3 is 2.63 bits per heavy atom. The molecule has 162 valence electrons. The van der Waals surface area contributed by atoms with E-state index >= 15 is 0 Å². The number of nitrogens with zero attached hydrogens (tertiary/aromatic N) is 2. The molecule has 0 radical (unpaired) electrons. The molecule has 3 rings (SSSR count). The Bertz CT molecular complexity index is 884. The van der Waals surface area contributed by atoms with E-state index in [9.17, 15) is 18.0 Å². The Morgan fingerprint density at radius 1 is 1.30 bits per heavy atom. The third-order valence-corrected chi connectivity index (χ3v) is 5.29. The van der Waals surface area contributed by atoms with E-state index in [1.54, 1.807) is 0 Å². The van der Waals surface area contributed by atoms with E-state index < -0.39 is 12.8 Å². The lowest BCUT2D eigenvalue weighted by Crippen LogP contribution is -2.44. The Balaban J connectivity index is 1.50. The Hall–Kier alpha value is -2.32. The number of ether oxygens (including phenoxy) is 1. The highest BCUT2D eigenvalue weighted by Crippen LogP contribution is 2.25. The van der Waals surface area contributed by atoms with Crippen LogP contribution in [0.5, 0.6) is 5.88 Å². The van der Waals surface area contributed by atoms with Crippen molar-refractivity contribution in [1.29, 1.82) is 0 Å². The minimum Gasteiger partial charge on any atom is -0.467 e. The van der Waals surface area contributed by atoms with Crippen molar-refractivity contribution in [2.45, 2.75) is 38.5 Å². The van der Waals surface area contributed by atoms with Crippen molar-refractivity contribution in [3.05, 3.63) is 58.2 Å². The second-order valence-corrected chi connectivity index (χ2v) is 7.77. The van der Waals surface area contributed by atoms with E-state index in [2.05, 4.69) is 39.0 Å². The number of carbonyl (C=O) groups excluding carboxylic acids is 1. The van der Waals surface area contributed by atoms with Crippen LogP contribution in [0.25, 0.3) is 0 Å². The molecule has 0 atom stereocenters. The van der Waals surface area contributed by atoms with Gasteiger partial charge in [0.05, 0.1) is 5.56 Å². The summed E-state index contributed by atoms with van der Waals surface area (Å²) in [5, 5.41) is 2.81. The van der Waals surface area contributed by atoms with Crippen LogP contribution in [0.4, 0.5) is 13.2 Å². The molecule has 1 N–H and O–H groups in total. The Labute approximate surface area is 178 Å². The number of carbonyl (C=O) groups is 1. The van der Waals surface area contributed by atoms with Gasteiger partial charge in [-0.1, -0.05) is 35.9 Å². The molecule has 1 aromatic carbocycles. The first-order chi connectivity index (χ1) is 14.2. The van der Waals surface area contributed by atoms with Crippen molar-refractivity contribution >= 4 is 17.5 Å². The van der Waals surface area contributed by atoms with Crippen LogP contribution < -0.4 is 10.1 Å². The van der Waals surface area contributed by atoms with Gasteiger partial charge in [-0.15, -0.1) is 0 Å². The van der Waals surface area contributed by atoms with Gasteiger partial charge in [0.1, 0.15) is 5.02 Å². The average Bonchev–Trinajstić information content (AvgIpc) is 2.69. The van der Waals surface area contributed by atoms with E-state index in [0.717, 1.165) is 32.5 Å². The fourth-order valence-electron chi connectivity index (χ4n) is 3.34. The van der Waals surface area contributed by atoms with Crippen molar-refractivity contribution in [3.63, 3.8) is 0 Å². The lowest BCUT2D eigenvalue weighted by molar-refractivity contribution is -0.154. The van der Waals surface area contributed by atoms with Crippen LogP contribution in [0.1, 0.15) is 34.3 Å². The summed E-state index contributed by atoms with van der Waals surface area (Å²) in [5.41, 5.74) is 2.75. The molecule has 0 unspecified atom stereocenters. The molecular formula is C21H23ClF3N3O2. The average molecular weight is 442 g/mol. The molecule has 1 aliphatic heterocycles. The zero-order valence-corrected chi connectivity index (χ0v) is 17.3. The normalized spacial score (nSPS) is 15.8. The van der Waals surface area contributed by atoms with Crippen LogP contribution in [-0.2, 0) is 6.54 Å². The summed E-state index contributed by atoms with van der Waals surface area (Å²) in [4.78, 5) is 18.6. The van der Waals surface area contributed by atoms with Gasteiger partial charge in [-0.05, 0) is 37.0 Å². The number of amides is 1. The molecule has 1 aliphatic rings. The number of alkyl halides is 3. The van der Waals surface area contributed by atoms with Crippen molar-refractivity contribution in [2.75, 3.05) is 19.7 Å². The first-order valence-corrected chi connectivity index (χ1v) is 10.0. The van der Waals surface area contributed by atoms with E-state index in [1.165, 1.54) is 23.4 Å². The number of piperidine rings is 1. The van der Waals surface area contributed by atoms with E-state index in [0.29, 0.717) is 0 Å². The highest BCUT2D eigenvalue weighted by Gasteiger charge is 2.29. The molecule has 30 heavy (non-hydrogen) atoms. The van der Waals surface area contributed by atoms with Crippen molar-refractivity contribution < 1.29 is 22.7 Å². The summed E-state index contributed by atoms with van der Waals surface area (Å²) < 4.78 is 41.3. The highest BCUT2D eigenvalue weighted by atomic mass is 35.5. The van der Waals surface area contributed by atoms with Crippen LogP contribution in [0.2, 0.25) is 5.02 Å². The summed E-state index contributed by atoms with van der Waals surface area (Å²) in [7, 11) is 0. The van der Waals surface area contributed by atoms with Crippen molar-refractivity contribution in [2.24, 2.45) is 0 Å². The van der Waals surface area contributed by atoms with E-state index in [-0.39, 0.29) is 28.4 Å². The molecule has 1 amide bonds. The second-order valence-electron chi connectivity index (χ2n) is 7.37. The third kappa shape index (κ3) is 6.34. The predicted molar refractivity (Wildman–Crippen MR) is 108 cm³/mol. The van der Waals surface area contributed by atoms with Crippen LogP contribution in [0.15, 0.2) is 36.5 Å². The molecular weight excluding hydrogens is 419 g/mol. The molecule has 0 saturated carbocycles. The van der Waals surface area contributed by atoms with E-state index in [4.69, 9.17) is 11.6 Å². The topological polar surface area (TPSA) is 54.5 Å². The molecule has 2 heterocycles. The summed E-state index contributed by atoms with van der Waals surface area (Å²) in [6.45, 7) is 3.21. The quantitative estimate of drug-likeness (QED) is 0.723. The SMILES string of the molecule is Cc1ccccc1CN1CCC(NC(=O)c2cnc(OCC(F)(F)F)c(Cl)c2)CC1. The first kappa shape index (κ1) is 22.4. The summed E-state index contributed by atoms with van der Waals surface area (Å²) in [6.07, 6.45) is -1.70. The number of nitrogens with one attached hydrogen (secondary N) is 1. The summed E-state index contributed by atoms with van der Waals surface area (Å²) in [6, 6.07) is 9.57. The minimum absolute atomic E-state index is 0.0190. The number of aryl methyl sites for hydroxylation is 1. The molecule has 5 nitrogen and oxygen atoms in total. The predicted octanol–water partition coefficient (Wildman–Crippen LogP) is 4.38. The van der Waals surface area contributed by atoms with E-state index in [1.807, 2.05) is 12.1 Å². The largest absolute Gasteiger partial charge is 0.467 e. The fourth-order valence-corrected chi connectivity index (χ4v) is 3.56. The number of pyridine rings is 1. The van der Waals surface area contributed by atoms with Gasteiger partial charge in [0.25, 0.3) is 5.91 Å². The van der Waals surface area contributed by atoms with Crippen molar-refractivity contribution in [1.82, 2.24) is 15.2 Å². The lowest BCUT2D eigenvalue weighted by Gasteiger charge is -2.32. The smallest absolute Gasteiger partial charge is 0.422 e. The molecule has 1 aromatic heterocycles. The van der Waals surface area contributed by atoms with Crippen LogP contribution >= 0.6 is 11.6 Å². The number of benzene rings is 1. The van der Waals surface area contributed by atoms with Crippen LogP contribution in [-0.4, -0.2) is 47.7 Å². The van der Waals surface area contributed by atoms with Crippen LogP contribution in [0, 0.1) is 6.92 Å². The molecule has 0 bridgehead atoms. The zero-order chi connectivity index (χ0) is 21.7. The zero-order valence-electron chi connectivity index (χ0n) is 16.5. The number of aromatic nitrogens is 1. The Morgan fingerprint density at radius 2 is 2.00 bits per heavy atom. The molecule has 1 fully saturated rings. The van der Waals surface area contributed by atoms with Gasteiger partial charge in [0.15, 0.2) is 6.61 Å². The third-order valence-electron chi connectivity index (χ3n) is 5.02. The summed E-state index contributed by atoms with van der Waals surface area (Å²) >= 11 is 5.91. The minimum atomic E-state index is -4.49. The van der Waals surface area contributed by atoms with Crippen LogP contribution in [0.3, 0.4) is 0 Å². The standard InChI is InChI=1S/C21H23ClF3N3O2/c1-14-4-2-3-5-15(14)12-28-8-6-17(7-9-28)27-19(29)16-10-18(22)20(26-11-16)30-13-21(23,24)25/h2-5,10-11,17H,6-9,12-13H2,1H3,(H,27,29). The summed E-state index contributed by atoms with van der Waals surface area (Å²) in [5.74, 6) is -0.709. The first-order valence-electron chi connectivity index (χ1n) is 9.64. The van der Waals surface area contributed by atoms with Gasteiger partial charge in [0.2, 0.25) is 5.88 Å². The van der Waals surface area contributed by atoms with Crippen molar-refractivity contribution in [3.8, 4) is 5.88 Å². The number of likely N-dealkylation sites (tertiary alicyclic amines) is 1. The maximum atomic E-state index is 12.5. The number of hydrogen-bond donors (Lipinski definition) is 1. The molecule has 1 saturated heterocycles. The molecule has 0 spiro atoms. The van der Waals surface area contributed by atoms with Gasteiger partial charge in [-0.2, -0.15) is 13.2 Å². The van der Waals surface area contributed by atoms with Gasteiger partial charge in [0, 0.05) is 31.9 Å². The molecule has 2 aromatic rings. The molecule has 0 aliphatic carbocycles. The highest BCUT2D eigenvalue weighted by molar-refractivity contribution is 6.32. The fraction of sp³-hybridized carbons (Fsp3) is 0.429. The van der Waals surface area contributed by atoms with Gasteiger partial charge in [-0.25, -0.2) is 4.98 Å². The second kappa shape index (κ2) is 9.66. The number of halogens is 4. The molecule has 9 heteroatoms. The number of hydrogen-bond acceptors (Lipinski definition) is 4. The maximum absolute atomic E-state index is 12.5. The van der Waals surface area contributed by atoms with Gasteiger partial charge >= 0.3 is 6.18 Å². The Kier molecular flexibility index (Phi) is 7.20. The maximum Gasteiger partial charge on any atom is 0.422 e. The number of rotatable bonds is 6. The monoisotopic (exact) mass is 441 g/mol. The van der Waals surface area contributed by atoms with Gasteiger partial charge in [-0.3, -0.25) is 9.69 Å². The van der Waals surface area contributed by atoms with Gasteiger partial charge < -0.3 is 10.1 Å².